The van der Waals surface area contributed by atoms with E-state index in [2.05, 4.69) is 11.8 Å². The van der Waals surface area contributed by atoms with Gasteiger partial charge in [-0.1, -0.05) is 0 Å². The molecule has 2 rings (SSSR count). The lowest BCUT2D eigenvalue weighted by molar-refractivity contribution is -0.136. The molecule has 1 aliphatic heterocycles. The normalized spacial score (nSPS) is 28.9. The number of methoxy groups -OCH3 is 1. The fraction of sp³-hybridized carbons (Fsp3) is 0.909. The second-order valence-corrected chi connectivity index (χ2v) is 4.83. The Morgan fingerprint density at radius 1 is 1.36 bits per heavy atom. The molecule has 1 saturated carbocycles. The first-order chi connectivity index (χ1) is 6.63. The first-order valence-corrected chi connectivity index (χ1v) is 5.44. The zero-order chi connectivity index (χ0) is 10.2. The molecule has 0 N–H and O–H groups in total. The highest BCUT2D eigenvalue weighted by molar-refractivity contribution is 5.79. The minimum absolute atomic E-state index is 0.0709. The molecule has 0 radical (unpaired) electrons. The molecule has 0 atom stereocenters. The molecule has 3 heteroatoms. The maximum absolute atomic E-state index is 11.1. The fourth-order valence-corrected chi connectivity index (χ4v) is 2.49. The van der Waals surface area contributed by atoms with Crippen molar-refractivity contribution in [2.45, 2.75) is 44.2 Å². The van der Waals surface area contributed by atoms with Crippen LogP contribution >= 0.6 is 0 Å². The lowest BCUT2D eigenvalue weighted by Gasteiger charge is -2.51. The average Bonchev–Trinajstić information content (AvgIpc) is 2.15. The molecule has 1 saturated heterocycles. The fourth-order valence-electron chi connectivity index (χ4n) is 2.49. The lowest BCUT2D eigenvalue weighted by Crippen LogP contribution is -2.64. The van der Waals surface area contributed by atoms with Gasteiger partial charge in [0.25, 0.3) is 0 Å². The van der Waals surface area contributed by atoms with Crippen LogP contribution in [0.15, 0.2) is 0 Å². The predicted molar refractivity (Wildman–Crippen MR) is 54.3 cm³/mol. The molecule has 1 aliphatic carbocycles. The van der Waals surface area contributed by atoms with Crippen LogP contribution in [0.2, 0.25) is 0 Å². The van der Waals surface area contributed by atoms with E-state index in [4.69, 9.17) is 4.74 Å². The summed E-state index contributed by atoms with van der Waals surface area (Å²) in [5.41, 5.74) is 0.0709. The monoisotopic (exact) mass is 197 g/mol. The van der Waals surface area contributed by atoms with Crippen LogP contribution in [-0.4, -0.2) is 42.5 Å². The number of likely N-dealkylation sites (tertiary alicyclic amines) is 1. The molecule has 2 fully saturated rings. The largest absolute Gasteiger partial charge is 0.376 e. The second-order valence-electron chi connectivity index (χ2n) is 4.83. The van der Waals surface area contributed by atoms with Gasteiger partial charge in [0.05, 0.1) is 5.60 Å². The van der Waals surface area contributed by atoms with Crippen molar-refractivity contribution in [2.24, 2.45) is 0 Å². The highest BCUT2D eigenvalue weighted by Crippen LogP contribution is 2.31. The van der Waals surface area contributed by atoms with Gasteiger partial charge in [0.15, 0.2) is 0 Å². The average molecular weight is 197 g/mol. The van der Waals surface area contributed by atoms with Gasteiger partial charge in [-0.15, -0.1) is 0 Å². The van der Waals surface area contributed by atoms with Crippen LogP contribution in [0.5, 0.6) is 0 Å². The number of ketones is 1. The van der Waals surface area contributed by atoms with E-state index in [0.717, 1.165) is 38.8 Å². The Balaban J connectivity index is 1.80. The summed E-state index contributed by atoms with van der Waals surface area (Å²) in [4.78, 5) is 13.5. The highest BCUT2D eigenvalue weighted by atomic mass is 16.5. The van der Waals surface area contributed by atoms with Gasteiger partial charge in [-0.25, -0.2) is 0 Å². The van der Waals surface area contributed by atoms with E-state index in [1.807, 2.05) is 0 Å². The molecule has 0 aromatic rings. The minimum Gasteiger partial charge on any atom is -0.376 e. The molecule has 0 bridgehead atoms. The number of ether oxygens (including phenoxy) is 1. The molecule has 2 aliphatic rings. The third-order valence-corrected chi connectivity index (χ3v) is 3.60. The third kappa shape index (κ3) is 1.84. The van der Waals surface area contributed by atoms with Crippen molar-refractivity contribution >= 4 is 5.78 Å². The van der Waals surface area contributed by atoms with E-state index >= 15 is 0 Å². The first kappa shape index (κ1) is 10.1. The number of carbonyl (C=O) groups excluding carboxylic acids is 1. The Bertz CT molecular complexity index is 223. The topological polar surface area (TPSA) is 29.5 Å². The Hall–Kier alpha value is -0.410. The van der Waals surface area contributed by atoms with Crippen LogP contribution in [0.1, 0.15) is 32.6 Å². The Labute approximate surface area is 85.4 Å². The smallest absolute Gasteiger partial charge is 0.133 e. The van der Waals surface area contributed by atoms with Crippen LogP contribution in [0.25, 0.3) is 0 Å². The Morgan fingerprint density at radius 2 is 1.93 bits per heavy atom. The maximum atomic E-state index is 11.1. The molecule has 0 aromatic carbocycles. The van der Waals surface area contributed by atoms with Crippen molar-refractivity contribution in [1.82, 2.24) is 4.90 Å². The molecule has 80 valence electrons. The lowest BCUT2D eigenvalue weighted by atomic mass is 9.87. The van der Waals surface area contributed by atoms with Crippen molar-refractivity contribution in [3.63, 3.8) is 0 Å². The van der Waals surface area contributed by atoms with E-state index in [-0.39, 0.29) is 5.60 Å². The number of carbonyl (C=O) groups is 1. The van der Waals surface area contributed by atoms with Crippen molar-refractivity contribution in [2.75, 3.05) is 20.2 Å². The summed E-state index contributed by atoms with van der Waals surface area (Å²) in [5, 5.41) is 0. The summed E-state index contributed by atoms with van der Waals surface area (Å²) < 4.78 is 5.41. The third-order valence-electron chi connectivity index (χ3n) is 3.60. The van der Waals surface area contributed by atoms with E-state index in [1.54, 1.807) is 7.11 Å². The number of rotatable bonds is 2. The minimum atomic E-state index is 0.0709. The van der Waals surface area contributed by atoms with Crippen molar-refractivity contribution < 1.29 is 9.53 Å². The molecular weight excluding hydrogens is 178 g/mol. The van der Waals surface area contributed by atoms with Gasteiger partial charge < -0.3 is 4.74 Å². The summed E-state index contributed by atoms with van der Waals surface area (Å²) in [6.45, 7) is 4.21. The quantitative estimate of drug-likeness (QED) is 0.666. The molecule has 3 nitrogen and oxygen atoms in total. The van der Waals surface area contributed by atoms with E-state index < -0.39 is 0 Å². The summed E-state index contributed by atoms with van der Waals surface area (Å²) >= 11 is 0. The van der Waals surface area contributed by atoms with Gasteiger partial charge in [0.1, 0.15) is 5.78 Å². The Morgan fingerprint density at radius 3 is 2.43 bits per heavy atom. The molecule has 14 heavy (non-hydrogen) atoms. The standard InChI is InChI=1S/C11H19NO2/c1-11(14-2)7-12(8-11)9-3-5-10(13)6-4-9/h9H,3-8H2,1-2H3. The molecule has 0 amide bonds. The predicted octanol–water partition coefficient (Wildman–Crippen LogP) is 1.22. The van der Waals surface area contributed by atoms with Crippen LogP contribution in [0.4, 0.5) is 0 Å². The van der Waals surface area contributed by atoms with Gasteiger partial charge in [0.2, 0.25) is 0 Å². The van der Waals surface area contributed by atoms with E-state index in [9.17, 15) is 4.79 Å². The summed E-state index contributed by atoms with van der Waals surface area (Å²) in [6.07, 6.45) is 3.67. The molecule has 1 heterocycles. The van der Waals surface area contributed by atoms with Crippen molar-refractivity contribution in [3.05, 3.63) is 0 Å². The molecule has 0 unspecified atom stereocenters. The Kier molecular flexibility index (Phi) is 2.62. The second kappa shape index (κ2) is 3.63. The number of hydrogen-bond acceptors (Lipinski definition) is 3. The zero-order valence-electron chi connectivity index (χ0n) is 9.08. The van der Waals surface area contributed by atoms with Crippen LogP contribution in [0.3, 0.4) is 0 Å². The van der Waals surface area contributed by atoms with Crippen molar-refractivity contribution in [1.29, 1.82) is 0 Å². The van der Waals surface area contributed by atoms with Gasteiger partial charge in [-0.2, -0.15) is 0 Å². The number of Topliss-reactive ketones (excluding diaryl/α,β-unsaturated/α-hetero) is 1. The van der Waals surface area contributed by atoms with E-state index in [0.29, 0.717) is 11.8 Å². The van der Waals surface area contributed by atoms with Gasteiger partial charge in [-0.3, -0.25) is 9.69 Å². The maximum Gasteiger partial charge on any atom is 0.133 e. The molecule has 0 spiro atoms. The van der Waals surface area contributed by atoms with Gasteiger partial charge in [-0.05, 0) is 19.8 Å². The van der Waals surface area contributed by atoms with Gasteiger partial charge >= 0.3 is 0 Å². The molecule has 0 aromatic heterocycles. The number of nitrogens with zero attached hydrogens (tertiary/aromatic N) is 1. The number of hydrogen-bond donors (Lipinski definition) is 0. The highest BCUT2D eigenvalue weighted by Gasteiger charge is 2.42. The van der Waals surface area contributed by atoms with Crippen LogP contribution in [-0.2, 0) is 9.53 Å². The molecular formula is C11H19NO2. The van der Waals surface area contributed by atoms with Crippen LogP contribution < -0.4 is 0 Å². The summed E-state index contributed by atoms with van der Waals surface area (Å²) in [5.74, 6) is 0.441. The zero-order valence-corrected chi connectivity index (χ0v) is 9.08. The van der Waals surface area contributed by atoms with Crippen LogP contribution in [0, 0.1) is 0 Å². The summed E-state index contributed by atoms with van der Waals surface area (Å²) in [7, 11) is 1.78. The van der Waals surface area contributed by atoms with Gasteiger partial charge in [0, 0.05) is 39.1 Å². The summed E-state index contributed by atoms with van der Waals surface area (Å²) in [6, 6.07) is 0.635. The van der Waals surface area contributed by atoms with Crippen molar-refractivity contribution in [3.8, 4) is 0 Å². The first-order valence-electron chi connectivity index (χ1n) is 5.44. The SMILES string of the molecule is COC1(C)CN(C2CCC(=O)CC2)C1. The van der Waals surface area contributed by atoms with E-state index in [1.165, 1.54) is 0 Å².